The van der Waals surface area contributed by atoms with E-state index in [9.17, 15) is 9.59 Å². The SMILES string of the molecule is CCCCCCCCCOC(=O)C1CCC(C(=O)OCCCCCC(C)C)CC1. The van der Waals surface area contributed by atoms with Crippen LogP contribution in [0.1, 0.15) is 117 Å². The monoisotopic (exact) mass is 410 g/mol. The van der Waals surface area contributed by atoms with Crippen LogP contribution in [0.2, 0.25) is 0 Å². The second kappa shape index (κ2) is 16.7. The van der Waals surface area contributed by atoms with Gasteiger partial charge in [-0.2, -0.15) is 0 Å². The Morgan fingerprint density at radius 2 is 1.10 bits per heavy atom. The van der Waals surface area contributed by atoms with Crippen LogP contribution in [0.4, 0.5) is 0 Å². The highest BCUT2D eigenvalue weighted by molar-refractivity contribution is 5.75. The highest BCUT2D eigenvalue weighted by Gasteiger charge is 2.31. The summed E-state index contributed by atoms with van der Waals surface area (Å²) in [6.45, 7) is 7.79. The summed E-state index contributed by atoms with van der Waals surface area (Å²) in [6, 6.07) is 0. The van der Waals surface area contributed by atoms with Crippen LogP contribution in [-0.2, 0) is 19.1 Å². The highest BCUT2D eigenvalue weighted by atomic mass is 16.5. The number of rotatable bonds is 16. The number of hydrogen-bond acceptors (Lipinski definition) is 4. The molecule has 1 aliphatic carbocycles. The maximum Gasteiger partial charge on any atom is 0.308 e. The van der Waals surface area contributed by atoms with Gasteiger partial charge in [0.05, 0.1) is 25.0 Å². The first-order chi connectivity index (χ1) is 14.0. The second-order valence-corrected chi connectivity index (χ2v) is 9.25. The van der Waals surface area contributed by atoms with Crippen LogP contribution in [0.5, 0.6) is 0 Å². The summed E-state index contributed by atoms with van der Waals surface area (Å²) in [5.74, 6) is 0.559. The maximum atomic E-state index is 12.2. The normalized spacial score (nSPS) is 19.3. The predicted molar refractivity (Wildman–Crippen MR) is 119 cm³/mol. The van der Waals surface area contributed by atoms with Gasteiger partial charge in [-0.15, -0.1) is 0 Å². The van der Waals surface area contributed by atoms with Gasteiger partial charge in [0.25, 0.3) is 0 Å². The molecule has 0 saturated heterocycles. The van der Waals surface area contributed by atoms with Gasteiger partial charge in [0.2, 0.25) is 0 Å². The van der Waals surface area contributed by atoms with Gasteiger partial charge in [-0.3, -0.25) is 9.59 Å². The Labute approximate surface area is 179 Å². The summed E-state index contributed by atoms with van der Waals surface area (Å²) < 4.78 is 10.9. The van der Waals surface area contributed by atoms with Gasteiger partial charge in [0.15, 0.2) is 0 Å². The fraction of sp³-hybridized carbons (Fsp3) is 0.920. The fourth-order valence-electron chi connectivity index (χ4n) is 4.04. The Bertz CT molecular complexity index is 425. The number of carbonyl (C=O) groups excluding carboxylic acids is 2. The third kappa shape index (κ3) is 13.0. The minimum Gasteiger partial charge on any atom is -0.465 e. The first kappa shape index (κ1) is 26.0. The molecule has 0 spiro atoms. The lowest BCUT2D eigenvalue weighted by atomic mass is 9.82. The quantitative estimate of drug-likeness (QED) is 0.206. The molecular formula is C25H46O4. The van der Waals surface area contributed by atoms with Crippen LogP contribution in [0.15, 0.2) is 0 Å². The van der Waals surface area contributed by atoms with Crippen LogP contribution in [0.3, 0.4) is 0 Å². The lowest BCUT2D eigenvalue weighted by Gasteiger charge is -2.26. The van der Waals surface area contributed by atoms with Crippen molar-refractivity contribution in [1.82, 2.24) is 0 Å². The van der Waals surface area contributed by atoms with Crippen LogP contribution in [0, 0.1) is 17.8 Å². The smallest absolute Gasteiger partial charge is 0.308 e. The van der Waals surface area contributed by atoms with Crippen molar-refractivity contribution >= 4 is 11.9 Å². The molecular weight excluding hydrogens is 364 g/mol. The molecule has 1 aliphatic rings. The minimum absolute atomic E-state index is 0.0281. The van der Waals surface area contributed by atoms with E-state index in [1.807, 2.05) is 0 Å². The van der Waals surface area contributed by atoms with Crippen molar-refractivity contribution in [2.45, 2.75) is 117 Å². The lowest BCUT2D eigenvalue weighted by molar-refractivity contribution is -0.155. The minimum atomic E-state index is -0.0660. The molecule has 1 rings (SSSR count). The maximum absolute atomic E-state index is 12.2. The third-order valence-corrected chi connectivity index (χ3v) is 6.06. The summed E-state index contributed by atoms with van der Waals surface area (Å²) in [7, 11) is 0. The summed E-state index contributed by atoms with van der Waals surface area (Å²) in [4.78, 5) is 24.4. The Morgan fingerprint density at radius 3 is 1.55 bits per heavy atom. The molecule has 170 valence electrons. The third-order valence-electron chi connectivity index (χ3n) is 6.06. The zero-order chi connectivity index (χ0) is 21.3. The molecule has 0 heterocycles. The van der Waals surface area contributed by atoms with E-state index in [-0.39, 0.29) is 23.8 Å². The molecule has 0 atom stereocenters. The van der Waals surface area contributed by atoms with Crippen molar-refractivity contribution in [3.8, 4) is 0 Å². The predicted octanol–water partition coefficient (Wildman–Crippen LogP) is 6.85. The molecule has 0 aliphatic heterocycles. The van der Waals surface area contributed by atoms with E-state index in [0.29, 0.717) is 13.2 Å². The number of esters is 2. The molecule has 0 aromatic carbocycles. The first-order valence-electron chi connectivity index (χ1n) is 12.4. The van der Waals surface area contributed by atoms with Gasteiger partial charge < -0.3 is 9.47 Å². The van der Waals surface area contributed by atoms with Crippen molar-refractivity contribution in [1.29, 1.82) is 0 Å². The average molecular weight is 411 g/mol. The van der Waals surface area contributed by atoms with E-state index in [4.69, 9.17) is 9.47 Å². The van der Waals surface area contributed by atoms with Crippen molar-refractivity contribution in [2.24, 2.45) is 17.8 Å². The van der Waals surface area contributed by atoms with Crippen molar-refractivity contribution in [3.05, 3.63) is 0 Å². The Balaban J connectivity index is 2.03. The number of ether oxygens (including phenoxy) is 2. The van der Waals surface area contributed by atoms with Gasteiger partial charge in [0.1, 0.15) is 0 Å². The molecule has 0 aromatic heterocycles. The largest absolute Gasteiger partial charge is 0.465 e. The van der Waals surface area contributed by atoms with Gasteiger partial charge in [-0.25, -0.2) is 0 Å². The highest BCUT2D eigenvalue weighted by Crippen LogP contribution is 2.30. The summed E-state index contributed by atoms with van der Waals surface area (Å²) >= 11 is 0. The van der Waals surface area contributed by atoms with Gasteiger partial charge in [0, 0.05) is 0 Å². The Hall–Kier alpha value is -1.06. The molecule has 0 unspecified atom stereocenters. The molecule has 1 fully saturated rings. The molecule has 0 amide bonds. The molecule has 0 N–H and O–H groups in total. The first-order valence-corrected chi connectivity index (χ1v) is 12.4. The number of carbonyl (C=O) groups is 2. The topological polar surface area (TPSA) is 52.6 Å². The van der Waals surface area contributed by atoms with E-state index >= 15 is 0 Å². The second-order valence-electron chi connectivity index (χ2n) is 9.25. The summed E-state index contributed by atoms with van der Waals surface area (Å²) in [6.07, 6.45) is 16.1. The van der Waals surface area contributed by atoms with Gasteiger partial charge in [-0.05, 0) is 44.4 Å². The molecule has 29 heavy (non-hydrogen) atoms. The average Bonchev–Trinajstić information content (AvgIpc) is 2.72. The van der Waals surface area contributed by atoms with E-state index in [1.54, 1.807) is 0 Å². The molecule has 4 nitrogen and oxygen atoms in total. The number of hydrogen-bond donors (Lipinski definition) is 0. The molecule has 0 bridgehead atoms. The zero-order valence-corrected chi connectivity index (χ0v) is 19.4. The van der Waals surface area contributed by atoms with Gasteiger partial charge >= 0.3 is 11.9 Å². The summed E-state index contributed by atoms with van der Waals surface area (Å²) in [5.41, 5.74) is 0. The molecule has 0 aromatic rings. The molecule has 4 heteroatoms. The standard InChI is InChI=1S/C25H46O4/c1-4-5-6-7-8-9-12-19-28-24(26)22-15-17-23(18-16-22)25(27)29-20-13-10-11-14-21(2)3/h21-23H,4-20H2,1-3H3. The van der Waals surface area contributed by atoms with Crippen LogP contribution >= 0.6 is 0 Å². The summed E-state index contributed by atoms with van der Waals surface area (Å²) in [5, 5.41) is 0. The number of unbranched alkanes of at least 4 members (excludes halogenated alkanes) is 8. The molecule has 0 radical (unpaired) electrons. The van der Waals surface area contributed by atoms with Crippen molar-refractivity contribution in [3.63, 3.8) is 0 Å². The Kier molecular flexibility index (Phi) is 15.0. The van der Waals surface area contributed by atoms with E-state index in [2.05, 4.69) is 20.8 Å². The van der Waals surface area contributed by atoms with E-state index in [0.717, 1.165) is 57.3 Å². The van der Waals surface area contributed by atoms with Crippen LogP contribution in [-0.4, -0.2) is 25.2 Å². The van der Waals surface area contributed by atoms with E-state index < -0.39 is 0 Å². The Morgan fingerprint density at radius 1 is 0.690 bits per heavy atom. The van der Waals surface area contributed by atoms with Crippen molar-refractivity contribution in [2.75, 3.05) is 13.2 Å². The fourth-order valence-corrected chi connectivity index (χ4v) is 4.04. The van der Waals surface area contributed by atoms with Gasteiger partial charge in [-0.1, -0.05) is 78.6 Å². The van der Waals surface area contributed by atoms with Crippen LogP contribution < -0.4 is 0 Å². The van der Waals surface area contributed by atoms with Crippen LogP contribution in [0.25, 0.3) is 0 Å². The lowest BCUT2D eigenvalue weighted by Crippen LogP contribution is -2.28. The van der Waals surface area contributed by atoms with E-state index in [1.165, 1.54) is 44.9 Å². The zero-order valence-electron chi connectivity index (χ0n) is 19.4. The molecule has 1 saturated carbocycles. The van der Waals surface area contributed by atoms with Crippen molar-refractivity contribution < 1.29 is 19.1 Å².